The van der Waals surface area contributed by atoms with Gasteiger partial charge in [-0.25, -0.2) is 0 Å². The molecule has 0 aromatic heterocycles. The first-order chi connectivity index (χ1) is 5.38. The summed E-state index contributed by atoms with van der Waals surface area (Å²) >= 11 is 0. The van der Waals surface area contributed by atoms with Crippen molar-refractivity contribution in [2.24, 2.45) is 0 Å². The first-order valence-electron chi connectivity index (χ1n) is 4.64. The fourth-order valence-corrected chi connectivity index (χ4v) is 1.33. The molecular weight excluding hydrogens is 141 g/mol. The number of unbranched alkanes of at least 4 members (excludes halogenated alkanes) is 1. The van der Waals surface area contributed by atoms with Crippen molar-refractivity contribution in [1.29, 1.82) is 0 Å². The van der Waals surface area contributed by atoms with Crippen molar-refractivity contribution < 1.29 is 0 Å². The molecule has 0 heterocycles. The summed E-state index contributed by atoms with van der Waals surface area (Å²) in [6.07, 6.45) is 9.29. The molecule has 0 bridgehead atoms. The Hall–Kier alpha value is 0.297. The molecule has 1 unspecified atom stereocenters. The Kier molecular flexibility index (Phi) is 6.94. The number of nitrogens with zero attached hydrogens (tertiary/aromatic N) is 1. The van der Waals surface area contributed by atoms with Crippen molar-refractivity contribution in [3.8, 4) is 0 Å². The van der Waals surface area contributed by atoms with E-state index in [0.29, 0.717) is 6.04 Å². The van der Waals surface area contributed by atoms with Crippen LogP contribution in [0.25, 0.3) is 0 Å². The summed E-state index contributed by atoms with van der Waals surface area (Å²) in [6, 6.07) is 0.645. The van der Waals surface area contributed by atoms with E-state index in [9.17, 15) is 0 Å². The Morgan fingerprint density at radius 3 is 2.33 bits per heavy atom. The molecule has 65 valence electrons. The molecule has 1 aliphatic rings. The van der Waals surface area contributed by atoms with E-state index >= 15 is 0 Å². The molecule has 0 aromatic carbocycles. The van der Waals surface area contributed by atoms with Crippen LogP contribution >= 0.6 is 0 Å². The van der Waals surface area contributed by atoms with Gasteiger partial charge in [0.25, 0.3) is 0 Å². The average Bonchev–Trinajstić information content (AvgIpc) is 1.93. The number of likely N-dealkylation sites (N-methyl/N-ethyl adjacent to an activating group) is 1. The molecule has 0 spiro atoms. The van der Waals surface area contributed by atoms with Crippen LogP contribution in [0.4, 0.5) is 0 Å². The van der Waals surface area contributed by atoms with Gasteiger partial charge in [-0.2, -0.15) is 0 Å². The van der Waals surface area contributed by atoms with E-state index in [-0.39, 0.29) is 18.9 Å². The van der Waals surface area contributed by atoms with Gasteiger partial charge in [0.05, 0.1) is 0 Å². The summed E-state index contributed by atoms with van der Waals surface area (Å²) in [6.45, 7) is 6.90. The van der Waals surface area contributed by atoms with Gasteiger partial charge < -0.3 is 0 Å². The summed E-state index contributed by atoms with van der Waals surface area (Å²) in [5.41, 5.74) is 0. The van der Waals surface area contributed by atoms with Crippen molar-refractivity contribution >= 4 is 18.9 Å². The van der Waals surface area contributed by atoms with Crippen molar-refractivity contribution in [3.63, 3.8) is 0 Å². The van der Waals surface area contributed by atoms with Crippen LogP contribution < -0.4 is 0 Å². The Morgan fingerprint density at radius 1 is 1.33 bits per heavy atom. The Morgan fingerprint density at radius 2 is 2.00 bits per heavy atom. The average molecular weight is 160 g/mol. The zero-order chi connectivity index (χ0) is 8.10. The normalized spacial score (nSPS) is 20.4. The second-order valence-corrected chi connectivity index (χ2v) is 3.05. The van der Waals surface area contributed by atoms with Crippen molar-refractivity contribution in [2.45, 2.75) is 32.7 Å². The molecule has 0 N–H and O–H groups in total. The molecule has 0 saturated carbocycles. The summed E-state index contributed by atoms with van der Waals surface area (Å²) in [4.78, 5) is 2.50. The van der Waals surface area contributed by atoms with Gasteiger partial charge in [-0.15, -0.1) is 0 Å². The van der Waals surface area contributed by atoms with E-state index in [4.69, 9.17) is 0 Å². The third-order valence-electron chi connectivity index (χ3n) is 2.24. The summed E-state index contributed by atoms with van der Waals surface area (Å²) in [7, 11) is 0. The molecule has 1 nitrogen and oxygen atoms in total. The predicted octanol–water partition coefficient (Wildman–Crippen LogP) is 1.60. The molecule has 1 radical (unpaired) electrons. The van der Waals surface area contributed by atoms with Crippen LogP contribution in [0.3, 0.4) is 0 Å². The third-order valence-corrected chi connectivity index (χ3v) is 2.24. The quantitative estimate of drug-likeness (QED) is 0.552. The molecule has 0 saturated heterocycles. The Bertz CT molecular complexity index is 134. The van der Waals surface area contributed by atoms with Crippen LogP contribution in [0.1, 0.15) is 26.7 Å². The second-order valence-electron chi connectivity index (χ2n) is 3.05. The SMILES string of the molecule is CCCCN(CC)C1[CH]C=C1.[LiH]. The molecular formula is C10H19LiN. The maximum absolute atomic E-state index is 2.50. The van der Waals surface area contributed by atoms with Gasteiger partial charge in [0.15, 0.2) is 0 Å². The maximum atomic E-state index is 2.50. The molecule has 1 atom stereocenters. The topological polar surface area (TPSA) is 3.24 Å². The van der Waals surface area contributed by atoms with Crippen molar-refractivity contribution in [1.82, 2.24) is 4.90 Å². The van der Waals surface area contributed by atoms with E-state index in [1.165, 1.54) is 25.9 Å². The fourth-order valence-electron chi connectivity index (χ4n) is 1.33. The van der Waals surface area contributed by atoms with Crippen LogP contribution in [0.2, 0.25) is 0 Å². The Labute approximate surface area is 88.4 Å². The molecule has 0 fully saturated rings. The number of hydrogen-bond acceptors (Lipinski definition) is 1. The van der Waals surface area contributed by atoms with E-state index in [1.54, 1.807) is 0 Å². The molecule has 0 amide bonds. The van der Waals surface area contributed by atoms with Crippen LogP contribution in [0, 0.1) is 6.42 Å². The molecule has 1 rings (SSSR count). The first kappa shape index (κ1) is 12.3. The van der Waals surface area contributed by atoms with Gasteiger partial charge in [-0.05, 0) is 19.5 Å². The predicted molar refractivity (Wildman–Crippen MR) is 56.5 cm³/mol. The summed E-state index contributed by atoms with van der Waals surface area (Å²) in [5.74, 6) is 0. The van der Waals surface area contributed by atoms with Crippen LogP contribution in [0.5, 0.6) is 0 Å². The van der Waals surface area contributed by atoms with Gasteiger partial charge in [0.1, 0.15) is 0 Å². The van der Waals surface area contributed by atoms with Crippen molar-refractivity contribution in [2.75, 3.05) is 13.1 Å². The molecule has 12 heavy (non-hydrogen) atoms. The number of hydrogen-bond donors (Lipinski definition) is 0. The number of rotatable bonds is 5. The monoisotopic (exact) mass is 160 g/mol. The van der Waals surface area contributed by atoms with Gasteiger partial charge in [-0.3, -0.25) is 4.90 Å². The van der Waals surface area contributed by atoms with E-state index in [2.05, 4.69) is 37.3 Å². The Balaban J connectivity index is 0.00000121. The van der Waals surface area contributed by atoms with Crippen LogP contribution in [0.15, 0.2) is 12.2 Å². The summed E-state index contributed by atoms with van der Waals surface area (Å²) in [5, 5.41) is 0. The minimum atomic E-state index is 0. The van der Waals surface area contributed by atoms with Gasteiger partial charge in [-0.1, -0.05) is 32.4 Å². The zero-order valence-corrected chi connectivity index (χ0v) is 7.59. The molecule has 0 aliphatic heterocycles. The second kappa shape index (κ2) is 6.77. The third kappa shape index (κ3) is 3.35. The standard InChI is InChI=1S/C10H18N.Li.H/c1-3-5-9-11(4-2)10-7-6-8-10;;/h6-8,10H,3-5,9H2,1-2H3;;. The van der Waals surface area contributed by atoms with Gasteiger partial charge in [0, 0.05) is 12.5 Å². The van der Waals surface area contributed by atoms with E-state index < -0.39 is 0 Å². The summed E-state index contributed by atoms with van der Waals surface area (Å²) < 4.78 is 0. The van der Waals surface area contributed by atoms with Crippen molar-refractivity contribution in [3.05, 3.63) is 18.6 Å². The molecule has 1 aliphatic carbocycles. The molecule has 2 heteroatoms. The first-order valence-corrected chi connectivity index (χ1v) is 4.64. The minimum absolute atomic E-state index is 0. The fraction of sp³-hybridized carbons (Fsp3) is 0.700. The van der Waals surface area contributed by atoms with Crippen LogP contribution in [-0.2, 0) is 0 Å². The van der Waals surface area contributed by atoms with E-state index in [0.717, 1.165) is 0 Å². The van der Waals surface area contributed by atoms with Gasteiger partial charge >= 0.3 is 18.9 Å². The zero-order valence-electron chi connectivity index (χ0n) is 7.59. The molecule has 0 aromatic rings. The van der Waals surface area contributed by atoms with Gasteiger partial charge in [0.2, 0.25) is 0 Å². The van der Waals surface area contributed by atoms with E-state index in [1.807, 2.05) is 0 Å². The van der Waals surface area contributed by atoms with Crippen LogP contribution in [-0.4, -0.2) is 42.9 Å².